The monoisotopic (exact) mass is 565 g/mol. The van der Waals surface area contributed by atoms with E-state index in [-0.39, 0.29) is 41.9 Å². The maximum atomic E-state index is 13.8. The minimum atomic E-state index is -4.02. The number of aromatic nitrogens is 2. The molecular weight excluding hydrogens is 536 g/mol. The van der Waals surface area contributed by atoms with Crippen molar-refractivity contribution in [3.63, 3.8) is 0 Å². The predicted octanol–water partition coefficient (Wildman–Crippen LogP) is 0.0839. The van der Waals surface area contributed by atoms with Gasteiger partial charge < -0.3 is 14.9 Å². The standard InChI is InChI=1S/C22H29BFN7O7S/c1-21(2,3)37-20(33)29-39(34,35)30-10-22(11-30)8-13(9-22)25-18-17(26-38-27-18)19(28-36-4)31(12-32)14-5-6-16(24)15(23)7-14/h5-7,12-13H,8-11,23H2,1-4H3,(H,25,27)(H,29,33)/b28-19-. The molecule has 1 aliphatic heterocycles. The number of hydrogen-bond donors (Lipinski definition) is 2. The lowest BCUT2D eigenvalue weighted by Gasteiger charge is -2.58. The first-order valence-corrected chi connectivity index (χ1v) is 13.4. The highest BCUT2D eigenvalue weighted by Crippen LogP contribution is 2.50. The Labute approximate surface area is 225 Å². The molecule has 1 aromatic heterocycles. The first-order chi connectivity index (χ1) is 18.3. The van der Waals surface area contributed by atoms with Crippen molar-refractivity contribution in [2.24, 2.45) is 10.6 Å². The third kappa shape index (κ3) is 6.14. The quantitative estimate of drug-likeness (QED) is 0.147. The Balaban J connectivity index is 1.39. The molecule has 1 aliphatic carbocycles. The van der Waals surface area contributed by atoms with Crippen LogP contribution in [0.25, 0.3) is 0 Å². The Morgan fingerprint density at radius 1 is 1.33 bits per heavy atom. The molecule has 1 spiro atoms. The van der Waals surface area contributed by atoms with Gasteiger partial charge in [0.2, 0.25) is 18.1 Å². The minimum absolute atomic E-state index is 0.0366. The Bertz CT molecular complexity index is 1380. The first-order valence-electron chi connectivity index (χ1n) is 12.0. The van der Waals surface area contributed by atoms with Gasteiger partial charge in [-0.1, -0.05) is 10.6 Å². The lowest BCUT2D eigenvalue weighted by molar-refractivity contribution is -0.106. The molecule has 1 saturated carbocycles. The van der Waals surface area contributed by atoms with E-state index in [1.54, 1.807) is 28.6 Å². The fourth-order valence-corrected chi connectivity index (χ4v) is 5.88. The molecule has 0 radical (unpaired) electrons. The number of carbonyl (C=O) groups is 2. The van der Waals surface area contributed by atoms with Crippen LogP contribution in [0.1, 0.15) is 39.3 Å². The van der Waals surface area contributed by atoms with Crippen LogP contribution in [0.2, 0.25) is 0 Å². The summed E-state index contributed by atoms with van der Waals surface area (Å²) < 4.78 is 51.8. The molecule has 2 N–H and O–H groups in total. The van der Waals surface area contributed by atoms with Crippen molar-refractivity contribution in [2.75, 3.05) is 30.4 Å². The average molecular weight is 565 g/mol. The Morgan fingerprint density at radius 3 is 2.62 bits per heavy atom. The molecule has 17 heteroatoms. The zero-order valence-electron chi connectivity index (χ0n) is 22.1. The molecule has 210 valence electrons. The lowest BCUT2D eigenvalue weighted by Crippen LogP contribution is -2.67. The predicted molar refractivity (Wildman–Crippen MR) is 140 cm³/mol. The number of carbonyl (C=O) groups excluding carboxylic acids is 2. The van der Waals surface area contributed by atoms with Gasteiger partial charge in [-0.2, -0.15) is 12.7 Å². The summed E-state index contributed by atoms with van der Waals surface area (Å²) in [5.74, 6) is -0.265. The molecule has 0 bridgehead atoms. The van der Waals surface area contributed by atoms with E-state index in [4.69, 9.17) is 14.2 Å². The number of hydrogen-bond acceptors (Lipinski definition) is 11. The number of rotatable bonds is 8. The molecule has 2 aromatic rings. The SMILES string of the molecule is Bc1cc(N(C=O)/C(=N\OC)c2nonc2NC2CC3(C2)CN(S(=O)(=O)NC(=O)OC(C)(C)C)C3)ccc1F. The number of nitrogens with zero attached hydrogens (tertiary/aromatic N) is 5. The number of benzene rings is 1. The average Bonchev–Trinajstić information content (AvgIpc) is 3.22. The van der Waals surface area contributed by atoms with Crippen LogP contribution in [-0.2, 0) is 24.6 Å². The van der Waals surface area contributed by atoms with Gasteiger partial charge in [-0.3, -0.25) is 9.69 Å². The minimum Gasteiger partial charge on any atom is -0.443 e. The van der Waals surface area contributed by atoms with E-state index in [1.807, 2.05) is 4.72 Å². The topological polar surface area (TPSA) is 169 Å². The molecule has 2 heterocycles. The fraction of sp³-hybridized carbons (Fsp3) is 0.500. The maximum absolute atomic E-state index is 13.8. The third-order valence-corrected chi connectivity index (χ3v) is 7.67. The second-order valence-corrected chi connectivity index (χ2v) is 12.3. The van der Waals surface area contributed by atoms with Crippen molar-refractivity contribution in [3.8, 4) is 0 Å². The molecular formula is C22H29BFN7O7S. The van der Waals surface area contributed by atoms with E-state index in [9.17, 15) is 22.4 Å². The van der Waals surface area contributed by atoms with Gasteiger partial charge in [0.25, 0.3) is 0 Å². The van der Waals surface area contributed by atoms with Gasteiger partial charge in [0.15, 0.2) is 5.69 Å². The van der Waals surface area contributed by atoms with Crippen LogP contribution in [0.5, 0.6) is 0 Å². The van der Waals surface area contributed by atoms with Crippen LogP contribution in [0.15, 0.2) is 28.0 Å². The molecule has 2 aliphatic rings. The molecule has 0 unspecified atom stereocenters. The van der Waals surface area contributed by atoms with Crippen LogP contribution in [0.3, 0.4) is 0 Å². The van der Waals surface area contributed by atoms with Gasteiger partial charge in [-0.15, -0.1) is 0 Å². The number of nitrogens with one attached hydrogen (secondary N) is 2. The highest BCUT2D eigenvalue weighted by molar-refractivity contribution is 7.87. The van der Waals surface area contributed by atoms with Gasteiger partial charge >= 0.3 is 16.3 Å². The normalized spacial score (nSPS) is 17.6. The zero-order chi connectivity index (χ0) is 28.6. The largest absolute Gasteiger partial charge is 0.443 e. The summed E-state index contributed by atoms with van der Waals surface area (Å²) in [4.78, 5) is 29.9. The molecule has 1 saturated heterocycles. The second-order valence-electron chi connectivity index (χ2n) is 10.6. The maximum Gasteiger partial charge on any atom is 0.422 e. The third-order valence-electron chi connectivity index (χ3n) is 6.31. The summed E-state index contributed by atoms with van der Waals surface area (Å²) in [5, 5.41) is 14.9. The van der Waals surface area contributed by atoms with Crippen LogP contribution in [0, 0.1) is 11.2 Å². The van der Waals surface area contributed by atoms with Gasteiger partial charge in [0.05, 0.1) is 0 Å². The number of ether oxygens (including phenoxy) is 1. The summed E-state index contributed by atoms with van der Waals surface area (Å²) in [5.41, 5.74) is -0.336. The van der Waals surface area contributed by atoms with Crippen molar-refractivity contribution >= 4 is 53.4 Å². The fourth-order valence-electron chi connectivity index (χ4n) is 4.61. The molecule has 2 fully saturated rings. The van der Waals surface area contributed by atoms with E-state index >= 15 is 0 Å². The van der Waals surface area contributed by atoms with Crippen molar-refractivity contribution in [2.45, 2.75) is 45.3 Å². The molecule has 0 atom stereocenters. The highest BCUT2D eigenvalue weighted by atomic mass is 32.2. The Kier molecular flexibility index (Phi) is 7.58. The smallest absolute Gasteiger partial charge is 0.422 e. The Hall–Kier alpha value is -3.73. The Morgan fingerprint density at radius 2 is 2.03 bits per heavy atom. The van der Waals surface area contributed by atoms with Crippen LogP contribution >= 0.6 is 0 Å². The van der Waals surface area contributed by atoms with Crippen molar-refractivity contribution in [1.82, 2.24) is 19.3 Å². The van der Waals surface area contributed by atoms with E-state index < -0.39 is 27.7 Å². The van der Waals surface area contributed by atoms with Gasteiger partial charge in [0, 0.05) is 30.2 Å². The van der Waals surface area contributed by atoms with Gasteiger partial charge in [-0.05, 0) is 62.1 Å². The lowest BCUT2D eigenvalue weighted by atomic mass is 9.61. The molecule has 14 nitrogen and oxygen atoms in total. The van der Waals surface area contributed by atoms with Gasteiger partial charge in [0.1, 0.15) is 26.4 Å². The number of amidine groups is 1. The van der Waals surface area contributed by atoms with E-state index in [1.165, 1.54) is 29.6 Å². The highest BCUT2D eigenvalue weighted by Gasteiger charge is 2.56. The summed E-state index contributed by atoms with van der Waals surface area (Å²) >= 11 is 0. The summed E-state index contributed by atoms with van der Waals surface area (Å²) in [6, 6.07) is 4.01. The molecule has 2 amide bonds. The first kappa shape index (κ1) is 28.3. The summed E-state index contributed by atoms with van der Waals surface area (Å²) in [7, 11) is -1.16. The zero-order valence-corrected chi connectivity index (χ0v) is 22.9. The van der Waals surface area contributed by atoms with Gasteiger partial charge in [-0.25, -0.2) is 18.5 Å². The summed E-state index contributed by atoms with van der Waals surface area (Å²) in [6.45, 7) is 5.40. The number of oxime groups is 1. The molecule has 4 rings (SSSR count). The van der Waals surface area contributed by atoms with E-state index in [2.05, 4.69) is 20.8 Å². The van der Waals surface area contributed by atoms with Crippen molar-refractivity contribution < 1.29 is 36.6 Å². The number of halogens is 1. The van der Waals surface area contributed by atoms with Crippen LogP contribution < -0.4 is 20.4 Å². The van der Waals surface area contributed by atoms with E-state index in [0.29, 0.717) is 30.4 Å². The second kappa shape index (κ2) is 10.4. The van der Waals surface area contributed by atoms with Crippen LogP contribution in [0.4, 0.5) is 20.7 Å². The number of amides is 2. The number of anilines is 2. The molecule has 39 heavy (non-hydrogen) atoms. The van der Waals surface area contributed by atoms with Crippen molar-refractivity contribution in [3.05, 3.63) is 29.7 Å². The summed E-state index contributed by atoms with van der Waals surface area (Å²) in [6.07, 6.45) is 0.679. The van der Waals surface area contributed by atoms with Crippen LogP contribution in [-0.4, -0.2) is 81.1 Å². The van der Waals surface area contributed by atoms with E-state index in [0.717, 1.165) is 4.90 Å². The van der Waals surface area contributed by atoms with Crippen molar-refractivity contribution in [1.29, 1.82) is 0 Å². The molecule has 1 aromatic carbocycles.